The first-order valence-corrected chi connectivity index (χ1v) is 6.55. The Hall–Kier alpha value is -1.60. The summed E-state index contributed by atoms with van der Waals surface area (Å²) in [6.45, 7) is 0.741. The molecule has 0 amide bonds. The van der Waals surface area contributed by atoms with Crippen molar-refractivity contribution >= 4 is 5.69 Å². The number of pyridine rings is 1. The van der Waals surface area contributed by atoms with E-state index >= 15 is 0 Å². The van der Waals surface area contributed by atoms with Crippen molar-refractivity contribution in [3.05, 3.63) is 24.0 Å². The molecule has 0 radical (unpaired) electrons. The van der Waals surface area contributed by atoms with Crippen molar-refractivity contribution in [2.24, 2.45) is 11.7 Å². The second kappa shape index (κ2) is 5.83. The summed E-state index contributed by atoms with van der Waals surface area (Å²) in [4.78, 5) is 6.28. The van der Waals surface area contributed by atoms with Gasteiger partial charge in [-0.3, -0.25) is 0 Å². The van der Waals surface area contributed by atoms with Crippen molar-refractivity contribution in [1.82, 2.24) is 4.98 Å². The Morgan fingerprint density at radius 1 is 1.50 bits per heavy atom. The SMILES string of the molecule is CN(c1ccnc(C#N)c1)C1CCCCC1CN. The first-order valence-electron chi connectivity index (χ1n) is 6.55. The van der Waals surface area contributed by atoms with E-state index in [1.54, 1.807) is 6.20 Å². The van der Waals surface area contributed by atoms with Crippen LogP contribution in [0.15, 0.2) is 18.3 Å². The number of rotatable bonds is 3. The van der Waals surface area contributed by atoms with E-state index in [1.165, 1.54) is 25.7 Å². The lowest BCUT2D eigenvalue weighted by atomic mass is 9.83. The third-order valence-corrected chi connectivity index (χ3v) is 3.93. The molecule has 0 bridgehead atoms. The molecule has 4 heteroatoms. The number of nitriles is 1. The van der Waals surface area contributed by atoms with Gasteiger partial charge < -0.3 is 10.6 Å². The minimum Gasteiger partial charge on any atom is -0.371 e. The molecular weight excluding hydrogens is 224 g/mol. The smallest absolute Gasteiger partial charge is 0.142 e. The van der Waals surface area contributed by atoms with E-state index in [9.17, 15) is 0 Å². The van der Waals surface area contributed by atoms with Gasteiger partial charge >= 0.3 is 0 Å². The number of hydrogen-bond acceptors (Lipinski definition) is 4. The topological polar surface area (TPSA) is 65.9 Å². The number of nitrogens with two attached hydrogens (primary N) is 1. The summed E-state index contributed by atoms with van der Waals surface area (Å²) in [5.41, 5.74) is 7.41. The summed E-state index contributed by atoms with van der Waals surface area (Å²) in [6.07, 6.45) is 6.64. The molecule has 0 spiro atoms. The summed E-state index contributed by atoms with van der Waals surface area (Å²) >= 11 is 0. The summed E-state index contributed by atoms with van der Waals surface area (Å²) in [6, 6.07) is 6.38. The highest BCUT2D eigenvalue weighted by atomic mass is 15.1. The molecule has 1 aromatic rings. The van der Waals surface area contributed by atoms with Crippen molar-refractivity contribution in [2.75, 3.05) is 18.5 Å². The van der Waals surface area contributed by atoms with Crippen molar-refractivity contribution in [3.8, 4) is 6.07 Å². The van der Waals surface area contributed by atoms with Gasteiger partial charge in [0.1, 0.15) is 11.8 Å². The van der Waals surface area contributed by atoms with Crippen molar-refractivity contribution in [3.63, 3.8) is 0 Å². The highest BCUT2D eigenvalue weighted by Gasteiger charge is 2.27. The average Bonchev–Trinajstić information content (AvgIpc) is 2.46. The van der Waals surface area contributed by atoms with Crippen molar-refractivity contribution in [2.45, 2.75) is 31.7 Å². The van der Waals surface area contributed by atoms with Crippen LogP contribution < -0.4 is 10.6 Å². The molecule has 96 valence electrons. The van der Waals surface area contributed by atoms with Crippen LogP contribution in [0.25, 0.3) is 0 Å². The Morgan fingerprint density at radius 3 is 3.00 bits per heavy atom. The van der Waals surface area contributed by atoms with Crippen molar-refractivity contribution in [1.29, 1.82) is 5.26 Å². The van der Waals surface area contributed by atoms with Gasteiger partial charge in [0.05, 0.1) is 0 Å². The highest BCUT2D eigenvalue weighted by Crippen LogP contribution is 2.30. The minimum atomic E-state index is 0.472. The Bertz CT molecular complexity index is 438. The zero-order chi connectivity index (χ0) is 13.0. The van der Waals surface area contributed by atoms with Gasteiger partial charge in [-0.15, -0.1) is 0 Å². The molecule has 0 aliphatic heterocycles. The second-order valence-electron chi connectivity index (χ2n) is 4.97. The van der Waals surface area contributed by atoms with Gasteiger partial charge in [0.2, 0.25) is 0 Å². The van der Waals surface area contributed by atoms with E-state index in [1.807, 2.05) is 12.1 Å². The van der Waals surface area contributed by atoms with Crippen LogP contribution in [-0.2, 0) is 0 Å². The number of aromatic nitrogens is 1. The normalized spacial score (nSPS) is 23.4. The lowest BCUT2D eigenvalue weighted by Crippen LogP contribution is -2.43. The van der Waals surface area contributed by atoms with Crippen LogP contribution in [0.2, 0.25) is 0 Å². The van der Waals surface area contributed by atoms with Gasteiger partial charge in [-0.2, -0.15) is 5.26 Å². The lowest BCUT2D eigenvalue weighted by Gasteiger charge is -2.38. The molecule has 18 heavy (non-hydrogen) atoms. The lowest BCUT2D eigenvalue weighted by molar-refractivity contribution is 0.306. The Labute approximate surface area is 108 Å². The summed E-state index contributed by atoms with van der Waals surface area (Å²) in [5.74, 6) is 0.558. The molecule has 0 saturated heterocycles. The predicted octanol–water partition coefficient (Wildman–Crippen LogP) is 1.91. The van der Waals surface area contributed by atoms with Crippen LogP contribution in [0, 0.1) is 17.2 Å². The van der Waals surface area contributed by atoms with E-state index in [0.717, 1.165) is 12.2 Å². The summed E-state index contributed by atoms with van der Waals surface area (Å²) in [7, 11) is 2.09. The maximum absolute atomic E-state index is 8.90. The third-order valence-electron chi connectivity index (χ3n) is 3.93. The first-order chi connectivity index (χ1) is 8.76. The molecule has 1 saturated carbocycles. The van der Waals surface area contributed by atoms with E-state index in [0.29, 0.717) is 17.7 Å². The molecule has 1 aliphatic carbocycles. The largest absolute Gasteiger partial charge is 0.371 e. The molecule has 2 atom stereocenters. The van der Waals surface area contributed by atoms with E-state index < -0.39 is 0 Å². The maximum atomic E-state index is 8.90. The summed E-state index contributed by atoms with van der Waals surface area (Å²) in [5, 5.41) is 8.90. The number of anilines is 1. The molecule has 1 aliphatic rings. The Balaban J connectivity index is 2.18. The maximum Gasteiger partial charge on any atom is 0.142 e. The van der Waals surface area contributed by atoms with Gasteiger partial charge in [0, 0.05) is 25.0 Å². The zero-order valence-electron chi connectivity index (χ0n) is 10.8. The zero-order valence-corrected chi connectivity index (χ0v) is 10.8. The Kier molecular flexibility index (Phi) is 4.16. The molecule has 2 N–H and O–H groups in total. The quantitative estimate of drug-likeness (QED) is 0.882. The number of nitrogens with zero attached hydrogens (tertiary/aromatic N) is 3. The van der Waals surface area contributed by atoms with Gasteiger partial charge in [-0.05, 0) is 37.4 Å². The van der Waals surface area contributed by atoms with Crippen LogP contribution in [0.1, 0.15) is 31.4 Å². The first kappa shape index (κ1) is 12.8. The van der Waals surface area contributed by atoms with E-state index in [4.69, 9.17) is 11.0 Å². The van der Waals surface area contributed by atoms with Crippen LogP contribution >= 0.6 is 0 Å². The minimum absolute atomic E-state index is 0.472. The number of hydrogen-bond donors (Lipinski definition) is 1. The van der Waals surface area contributed by atoms with Crippen LogP contribution in [0.5, 0.6) is 0 Å². The van der Waals surface area contributed by atoms with Crippen LogP contribution in [0.4, 0.5) is 5.69 Å². The Morgan fingerprint density at radius 2 is 2.28 bits per heavy atom. The fraction of sp³-hybridized carbons (Fsp3) is 0.571. The highest BCUT2D eigenvalue weighted by molar-refractivity contribution is 5.49. The molecular formula is C14H20N4. The molecule has 1 aromatic heterocycles. The van der Waals surface area contributed by atoms with Gasteiger partial charge in [0.25, 0.3) is 0 Å². The van der Waals surface area contributed by atoms with Gasteiger partial charge in [-0.1, -0.05) is 12.8 Å². The van der Waals surface area contributed by atoms with E-state index in [-0.39, 0.29) is 0 Å². The van der Waals surface area contributed by atoms with Crippen LogP contribution in [0.3, 0.4) is 0 Å². The molecule has 1 fully saturated rings. The fourth-order valence-corrected chi connectivity index (χ4v) is 2.86. The monoisotopic (exact) mass is 244 g/mol. The fourth-order valence-electron chi connectivity index (χ4n) is 2.86. The molecule has 2 rings (SSSR count). The molecule has 4 nitrogen and oxygen atoms in total. The van der Waals surface area contributed by atoms with Crippen LogP contribution in [-0.4, -0.2) is 24.6 Å². The molecule has 1 heterocycles. The van der Waals surface area contributed by atoms with E-state index in [2.05, 4.69) is 23.0 Å². The standard InChI is InChI=1S/C14H20N4/c1-18(13-6-7-17-12(8-13)10-16)14-5-3-2-4-11(14)9-15/h6-8,11,14H,2-5,9,15H2,1H3. The van der Waals surface area contributed by atoms with Gasteiger partial charge in [0.15, 0.2) is 0 Å². The van der Waals surface area contributed by atoms with Gasteiger partial charge in [-0.25, -0.2) is 4.98 Å². The summed E-state index contributed by atoms with van der Waals surface area (Å²) < 4.78 is 0. The van der Waals surface area contributed by atoms with Crippen molar-refractivity contribution < 1.29 is 0 Å². The molecule has 2 unspecified atom stereocenters. The molecule has 0 aromatic carbocycles. The second-order valence-corrected chi connectivity index (χ2v) is 4.97. The third kappa shape index (κ3) is 2.62. The average molecular weight is 244 g/mol. The predicted molar refractivity (Wildman–Crippen MR) is 72.2 cm³/mol.